The second-order valence-electron chi connectivity index (χ2n) is 5.33. The SMILES string of the molecule is COCCNCC(=O)N1CCCC1c1cccc(C)c1. The second-order valence-corrected chi connectivity index (χ2v) is 5.33. The van der Waals surface area contributed by atoms with Crippen molar-refractivity contribution >= 4 is 5.91 Å². The Balaban J connectivity index is 1.95. The lowest BCUT2D eigenvalue weighted by Gasteiger charge is -2.25. The Morgan fingerprint density at radius 3 is 3.10 bits per heavy atom. The maximum absolute atomic E-state index is 12.3. The highest BCUT2D eigenvalue weighted by molar-refractivity contribution is 5.79. The van der Waals surface area contributed by atoms with Gasteiger partial charge in [-0.05, 0) is 25.3 Å². The normalized spacial score (nSPS) is 18.5. The van der Waals surface area contributed by atoms with Gasteiger partial charge in [0.25, 0.3) is 0 Å². The number of rotatable bonds is 6. The molecule has 0 radical (unpaired) electrons. The van der Waals surface area contributed by atoms with Crippen molar-refractivity contribution in [2.45, 2.75) is 25.8 Å². The van der Waals surface area contributed by atoms with E-state index in [1.165, 1.54) is 11.1 Å². The summed E-state index contributed by atoms with van der Waals surface area (Å²) < 4.78 is 4.97. The smallest absolute Gasteiger partial charge is 0.237 e. The highest BCUT2D eigenvalue weighted by Crippen LogP contribution is 2.32. The van der Waals surface area contributed by atoms with E-state index in [0.717, 1.165) is 19.4 Å². The van der Waals surface area contributed by atoms with Crippen molar-refractivity contribution in [2.75, 3.05) is 33.4 Å². The molecule has 1 aliphatic heterocycles. The van der Waals surface area contributed by atoms with Gasteiger partial charge in [0.05, 0.1) is 19.2 Å². The Bertz CT molecular complexity index is 448. The standard InChI is InChI=1S/C16H24N2O2/c1-13-5-3-6-14(11-13)15-7-4-9-18(15)16(19)12-17-8-10-20-2/h3,5-6,11,15,17H,4,7-10,12H2,1-2H3. The molecule has 0 spiro atoms. The number of nitrogens with one attached hydrogen (secondary N) is 1. The summed E-state index contributed by atoms with van der Waals surface area (Å²) >= 11 is 0. The maximum Gasteiger partial charge on any atom is 0.237 e. The van der Waals surface area contributed by atoms with E-state index in [-0.39, 0.29) is 11.9 Å². The zero-order valence-electron chi connectivity index (χ0n) is 12.4. The molecular weight excluding hydrogens is 252 g/mol. The fraction of sp³-hybridized carbons (Fsp3) is 0.562. The third kappa shape index (κ3) is 3.81. The van der Waals surface area contributed by atoms with E-state index >= 15 is 0 Å². The van der Waals surface area contributed by atoms with Crippen LogP contribution in [0.3, 0.4) is 0 Å². The van der Waals surface area contributed by atoms with E-state index in [9.17, 15) is 4.79 Å². The monoisotopic (exact) mass is 276 g/mol. The minimum atomic E-state index is 0.185. The first kappa shape index (κ1) is 15.0. The zero-order chi connectivity index (χ0) is 14.4. The van der Waals surface area contributed by atoms with Crippen molar-refractivity contribution in [1.29, 1.82) is 0 Å². The van der Waals surface area contributed by atoms with Crippen molar-refractivity contribution in [3.63, 3.8) is 0 Å². The second kappa shape index (κ2) is 7.41. The Kier molecular flexibility index (Phi) is 5.56. The zero-order valence-corrected chi connectivity index (χ0v) is 12.4. The van der Waals surface area contributed by atoms with Gasteiger partial charge < -0.3 is 15.0 Å². The number of carbonyl (C=O) groups excluding carboxylic acids is 1. The van der Waals surface area contributed by atoms with Crippen molar-refractivity contribution in [3.8, 4) is 0 Å². The molecular formula is C16H24N2O2. The lowest BCUT2D eigenvalue weighted by molar-refractivity contribution is -0.131. The number of hydrogen-bond donors (Lipinski definition) is 1. The summed E-state index contributed by atoms with van der Waals surface area (Å²) in [6, 6.07) is 8.72. The molecule has 110 valence electrons. The van der Waals surface area contributed by atoms with Crippen LogP contribution < -0.4 is 5.32 Å². The third-order valence-electron chi connectivity index (χ3n) is 3.76. The number of methoxy groups -OCH3 is 1. The van der Waals surface area contributed by atoms with Gasteiger partial charge in [-0.2, -0.15) is 0 Å². The highest BCUT2D eigenvalue weighted by Gasteiger charge is 2.29. The quantitative estimate of drug-likeness (QED) is 0.807. The Morgan fingerprint density at radius 2 is 2.35 bits per heavy atom. The van der Waals surface area contributed by atoms with E-state index in [4.69, 9.17) is 4.74 Å². The lowest BCUT2D eigenvalue weighted by Crippen LogP contribution is -2.38. The number of aryl methyl sites for hydroxylation is 1. The predicted octanol–water partition coefficient (Wildman–Crippen LogP) is 1.89. The Hall–Kier alpha value is -1.39. The number of likely N-dealkylation sites (tertiary alicyclic amines) is 1. The third-order valence-corrected chi connectivity index (χ3v) is 3.76. The molecule has 4 heteroatoms. The molecule has 2 rings (SSSR count). The van der Waals surface area contributed by atoms with Crippen LogP contribution in [0.4, 0.5) is 0 Å². The molecule has 1 heterocycles. The van der Waals surface area contributed by atoms with Crippen LogP contribution in [-0.2, 0) is 9.53 Å². The minimum absolute atomic E-state index is 0.185. The summed E-state index contributed by atoms with van der Waals surface area (Å²) in [5.41, 5.74) is 2.51. The van der Waals surface area contributed by atoms with Crippen LogP contribution >= 0.6 is 0 Å². The van der Waals surface area contributed by atoms with E-state index < -0.39 is 0 Å². The van der Waals surface area contributed by atoms with Crippen molar-refractivity contribution in [2.24, 2.45) is 0 Å². The molecule has 1 atom stereocenters. The molecule has 1 aromatic rings. The van der Waals surface area contributed by atoms with Gasteiger partial charge in [0, 0.05) is 20.2 Å². The number of benzene rings is 1. The molecule has 1 amide bonds. The topological polar surface area (TPSA) is 41.6 Å². The molecule has 1 aliphatic rings. The molecule has 0 bridgehead atoms. The molecule has 1 fully saturated rings. The Labute approximate surface area is 121 Å². The fourth-order valence-electron chi connectivity index (χ4n) is 2.76. The van der Waals surface area contributed by atoms with Gasteiger partial charge in [0.2, 0.25) is 5.91 Å². The van der Waals surface area contributed by atoms with Gasteiger partial charge in [0.15, 0.2) is 0 Å². The summed E-state index contributed by atoms with van der Waals surface area (Å²) in [6.07, 6.45) is 2.15. The van der Waals surface area contributed by atoms with Gasteiger partial charge in [-0.25, -0.2) is 0 Å². The van der Waals surface area contributed by atoms with Gasteiger partial charge in [-0.1, -0.05) is 29.8 Å². The number of ether oxygens (including phenoxy) is 1. The first-order valence-corrected chi connectivity index (χ1v) is 7.28. The average molecular weight is 276 g/mol. The van der Waals surface area contributed by atoms with Gasteiger partial charge in [0.1, 0.15) is 0 Å². The van der Waals surface area contributed by atoms with E-state index in [2.05, 4.69) is 36.5 Å². The van der Waals surface area contributed by atoms with Crippen LogP contribution in [0.5, 0.6) is 0 Å². The molecule has 4 nitrogen and oxygen atoms in total. The van der Waals surface area contributed by atoms with Crippen LogP contribution in [0.15, 0.2) is 24.3 Å². The summed E-state index contributed by atoms with van der Waals surface area (Å²) in [5, 5.41) is 3.13. The van der Waals surface area contributed by atoms with Crippen LogP contribution in [-0.4, -0.2) is 44.2 Å². The molecule has 1 N–H and O–H groups in total. The predicted molar refractivity (Wildman–Crippen MR) is 79.6 cm³/mol. The van der Waals surface area contributed by atoms with Crippen molar-refractivity contribution < 1.29 is 9.53 Å². The summed E-state index contributed by atoms with van der Waals surface area (Å²) in [4.78, 5) is 14.3. The van der Waals surface area contributed by atoms with Crippen LogP contribution in [0.1, 0.15) is 30.0 Å². The lowest BCUT2D eigenvalue weighted by atomic mass is 10.0. The van der Waals surface area contributed by atoms with E-state index in [1.807, 2.05) is 4.90 Å². The molecule has 1 unspecified atom stereocenters. The first-order valence-electron chi connectivity index (χ1n) is 7.28. The summed E-state index contributed by atoms with van der Waals surface area (Å²) in [7, 11) is 1.66. The number of carbonyl (C=O) groups is 1. The molecule has 1 aromatic carbocycles. The van der Waals surface area contributed by atoms with Gasteiger partial charge >= 0.3 is 0 Å². The highest BCUT2D eigenvalue weighted by atomic mass is 16.5. The van der Waals surface area contributed by atoms with Gasteiger partial charge in [-0.15, -0.1) is 0 Å². The first-order chi connectivity index (χ1) is 9.72. The number of nitrogens with zero attached hydrogens (tertiary/aromatic N) is 1. The van der Waals surface area contributed by atoms with Gasteiger partial charge in [-0.3, -0.25) is 4.79 Å². The molecule has 20 heavy (non-hydrogen) atoms. The molecule has 0 saturated carbocycles. The Morgan fingerprint density at radius 1 is 1.50 bits per heavy atom. The molecule has 0 aromatic heterocycles. The summed E-state index contributed by atoms with van der Waals surface area (Å²) in [5.74, 6) is 0.185. The number of amides is 1. The number of hydrogen-bond acceptors (Lipinski definition) is 3. The van der Waals surface area contributed by atoms with Crippen LogP contribution in [0, 0.1) is 6.92 Å². The average Bonchev–Trinajstić information content (AvgIpc) is 2.93. The molecule has 1 saturated heterocycles. The van der Waals surface area contributed by atoms with Crippen molar-refractivity contribution in [1.82, 2.24) is 10.2 Å². The maximum atomic E-state index is 12.3. The minimum Gasteiger partial charge on any atom is -0.383 e. The van der Waals surface area contributed by atoms with Crippen LogP contribution in [0.2, 0.25) is 0 Å². The van der Waals surface area contributed by atoms with E-state index in [0.29, 0.717) is 19.7 Å². The van der Waals surface area contributed by atoms with E-state index in [1.54, 1.807) is 7.11 Å². The summed E-state index contributed by atoms with van der Waals surface area (Å²) in [6.45, 7) is 4.70. The largest absolute Gasteiger partial charge is 0.383 e. The van der Waals surface area contributed by atoms with Crippen molar-refractivity contribution in [3.05, 3.63) is 35.4 Å². The molecule has 0 aliphatic carbocycles. The fourth-order valence-corrected chi connectivity index (χ4v) is 2.76. The van der Waals surface area contributed by atoms with Crippen LogP contribution in [0.25, 0.3) is 0 Å².